The lowest BCUT2D eigenvalue weighted by molar-refractivity contribution is -0.274. The summed E-state index contributed by atoms with van der Waals surface area (Å²) in [5.74, 6) is -1.83. The van der Waals surface area contributed by atoms with Gasteiger partial charge in [0.25, 0.3) is 0 Å². The van der Waals surface area contributed by atoms with E-state index in [1.165, 1.54) is 18.2 Å². The first-order valence-corrected chi connectivity index (χ1v) is 8.10. The van der Waals surface area contributed by atoms with Crippen LogP contribution in [-0.2, 0) is 0 Å². The molecule has 0 heterocycles. The van der Waals surface area contributed by atoms with Gasteiger partial charge < -0.3 is 20.7 Å². The number of nitrogens with zero attached hydrogens (tertiary/aromatic N) is 2. The number of halogens is 5. The number of hydrogen-bond acceptors (Lipinski definition) is 3. The van der Waals surface area contributed by atoms with Crippen LogP contribution in [0, 0.1) is 11.6 Å². The Labute approximate surface area is 158 Å². The molecule has 2 rings (SSSR count). The Bertz CT molecular complexity index is 801. The van der Waals surface area contributed by atoms with Gasteiger partial charge in [0.05, 0.1) is 12.6 Å². The van der Waals surface area contributed by atoms with Gasteiger partial charge in [0.15, 0.2) is 5.96 Å². The van der Waals surface area contributed by atoms with Crippen LogP contribution in [0.3, 0.4) is 0 Å². The third-order valence-corrected chi connectivity index (χ3v) is 3.75. The molecule has 0 saturated carbocycles. The van der Waals surface area contributed by atoms with Gasteiger partial charge in [-0.05, 0) is 50.5 Å². The Morgan fingerprint density at radius 1 is 1.11 bits per heavy atom. The summed E-state index contributed by atoms with van der Waals surface area (Å²) in [5.41, 5.74) is 6.01. The van der Waals surface area contributed by atoms with Crippen molar-refractivity contribution in [1.29, 1.82) is 0 Å². The molecule has 0 aromatic heterocycles. The fraction of sp³-hybridized carbons (Fsp3) is 0.278. The van der Waals surface area contributed by atoms with Crippen molar-refractivity contribution >= 4 is 11.6 Å². The lowest BCUT2D eigenvalue weighted by Crippen LogP contribution is -2.28. The maximum Gasteiger partial charge on any atom is 0.573 e. The predicted octanol–water partition coefficient (Wildman–Crippen LogP) is 3.89. The standard InChI is InChI=1S/C18H19F5N4O/c1-27(2)15(16-13(19)4-3-5-14(16)20)10-25-17(24)26-11-6-8-12(9-7-11)28-18(21,22)23/h3-9,15H,10H2,1-2H3,(H3,24,25,26). The Balaban J connectivity index is 2.08. The Morgan fingerprint density at radius 3 is 2.18 bits per heavy atom. The number of likely N-dealkylation sites (N-methyl/N-ethyl adjacent to an activating group) is 1. The first-order valence-electron chi connectivity index (χ1n) is 8.10. The van der Waals surface area contributed by atoms with Gasteiger partial charge in [0.2, 0.25) is 0 Å². The van der Waals surface area contributed by atoms with Crippen LogP contribution >= 0.6 is 0 Å². The van der Waals surface area contributed by atoms with Gasteiger partial charge in [0, 0.05) is 11.3 Å². The largest absolute Gasteiger partial charge is 0.573 e. The lowest BCUT2D eigenvalue weighted by atomic mass is 10.0. The molecule has 10 heteroatoms. The van der Waals surface area contributed by atoms with Gasteiger partial charge in [-0.3, -0.25) is 4.99 Å². The summed E-state index contributed by atoms with van der Waals surface area (Å²) in [4.78, 5) is 5.68. The van der Waals surface area contributed by atoms with E-state index >= 15 is 0 Å². The highest BCUT2D eigenvalue weighted by molar-refractivity contribution is 5.92. The first kappa shape index (κ1) is 21.4. The van der Waals surface area contributed by atoms with Crippen LogP contribution in [-0.4, -0.2) is 37.9 Å². The van der Waals surface area contributed by atoms with E-state index in [-0.39, 0.29) is 23.8 Å². The van der Waals surface area contributed by atoms with E-state index in [0.717, 1.165) is 24.3 Å². The summed E-state index contributed by atoms with van der Waals surface area (Å²) in [6.07, 6.45) is -4.78. The summed E-state index contributed by atoms with van der Waals surface area (Å²) in [6, 6.07) is 7.75. The number of ether oxygens (including phenoxy) is 1. The summed E-state index contributed by atoms with van der Waals surface area (Å²) in [5, 5.41) is 2.69. The zero-order chi connectivity index (χ0) is 20.9. The molecule has 1 atom stereocenters. The molecular formula is C18H19F5N4O. The van der Waals surface area contributed by atoms with Gasteiger partial charge in [-0.1, -0.05) is 6.07 Å². The molecule has 0 aliphatic carbocycles. The molecule has 0 spiro atoms. The minimum absolute atomic E-state index is 0.0427. The van der Waals surface area contributed by atoms with Crippen LogP contribution in [0.1, 0.15) is 11.6 Å². The van der Waals surface area contributed by atoms with Gasteiger partial charge in [0.1, 0.15) is 17.4 Å². The topological polar surface area (TPSA) is 62.9 Å². The second-order valence-electron chi connectivity index (χ2n) is 6.04. The number of nitrogens with one attached hydrogen (secondary N) is 1. The van der Waals surface area contributed by atoms with Crippen molar-refractivity contribution in [3.63, 3.8) is 0 Å². The highest BCUT2D eigenvalue weighted by Crippen LogP contribution is 2.25. The second kappa shape index (κ2) is 8.87. The minimum atomic E-state index is -4.78. The molecular weight excluding hydrogens is 383 g/mol. The Morgan fingerprint density at radius 2 is 1.68 bits per heavy atom. The molecule has 0 fully saturated rings. The molecule has 0 aliphatic heterocycles. The number of nitrogens with two attached hydrogens (primary N) is 1. The van der Waals surface area contributed by atoms with Gasteiger partial charge in [-0.15, -0.1) is 13.2 Å². The van der Waals surface area contributed by atoms with E-state index in [9.17, 15) is 22.0 Å². The van der Waals surface area contributed by atoms with Crippen LogP contribution in [0.4, 0.5) is 27.6 Å². The molecule has 0 radical (unpaired) electrons. The zero-order valence-corrected chi connectivity index (χ0v) is 15.1. The smallest absolute Gasteiger partial charge is 0.406 e. The quantitative estimate of drug-likeness (QED) is 0.437. The summed E-state index contributed by atoms with van der Waals surface area (Å²) < 4.78 is 68.3. The molecule has 0 bridgehead atoms. The van der Waals surface area contributed by atoms with Crippen LogP contribution in [0.5, 0.6) is 5.75 Å². The average molecular weight is 402 g/mol. The molecule has 0 amide bonds. The molecule has 152 valence electrons. The number of anilines is 1. The number of aliphatic imine (C=N–C) groups is 1. The Hall–Kier alpha value is -2.88. The second-order valence-corrected chi connectivity index (χ2v) is 6.04. The monoisotopic (exact) mass is 402 g/mol. The van der Waals surface area contributed by atoms with E-state index in [1.807, 2.05) is 0 Å². The van der Waals surface area contributed by atoms with Crippen molar-refractivity contribution < 1.29 is 26.7 Å². The van der Waals surface area contributed by atoms with E-state index in [0.29, 0.717) is 5.69 Å². The maximum atomic E-state index is 14.0. The SMILES string of the molecule is CN(C)C(CN=C(N)Nc1ccc(OC(F)(F)F)cc1)c1c(F)cccc1F. The molecule has 2 aromatic rings. The molecule has 1 unspecified atom stereocenters. The summed E-state index contributed by atoms with van der Waals surface area (Å²) >= 11 is 0. The fourth-order valence-corrected chi connectivity index (χ4v) is 2.45. The molecule has 0 saturated heterocycles. The number of hydrogen-bond donors (Lipinski definition) is 2. The van der Waals surface area contributed by atoms with Crippen molar-refractivity contribution in [2.75, 3.05) is 26.0 Å². The van der Waals surface area contributed by atoms with E-state index in [1.54, 1.807) is 19.0 Å². The van der Waals surface area contributed by atoms with Crippen molar-refractivity contribution in [3.8, 4) is 5.75 Å². The molecule has 28 heavy (non-hydrogen) atoms. The highest BCUT2D eigenvalue weighted by Gasteiger charge is 2.31. The third kappa shape index (κ3) is 6.08. The Kier molecular flexibility index (Phi) is 6.79. The van der Waals surface area contributed by atoms with E-state index < -0.39 is 24.0 Å². The van der Waals surface area contributed by atoms with Crippen molar-refractivity contribution in [3.05, 3.63) is 59.7 Å². The zero-order valence-electron chi connectivity index (χ0n) is 15.1. The molecule has 2 aromatic carbocycles. The first-order chi connectivity index (χ1) is 13.1. The van der Waals surface area contributed by atoms with E-state index in [2.05, 4.69) is 15.0 Å². The summed E-state index contributed by atoms with van der Waals surface area (Å²) in [6.45, 7) is -0.0427. The van der Waals surface area contributed by atoms with Crippen LogP contribution < -0.4 is 15.8 Å². The van der Waals surface area contributed by atoms with Crippen molar-refractivity contribution in [2.24, 2.45) is 10.7 Å². The number of rotatable bonds is 6. The average Bonchev–Trinajstić information content (AvgIpc) is 2.57. The van der Waals surface area contributed by atoms with E-state index in [4.69, 9.17) is 5.73 Å². The normalized spacial score (nSPS) is 13.5. The van der Waals surface area contributed by atoms with Crippen LogP contribution in [0.2, 0.25) is 0 Å². The number of guanidine groups is 1. The van der Waals surface area contributed by atoms with Crippen molar-refractivity contribution in [1.82, 2.24) is 4.90 Å². The number of alkyl halides is 3. The maximum absolute atomic E-state index is 14.0. The molecule has 5 nitrogen and oxygen atoms in total. The van der Waals surface area contributed by atoms with Gasteiger partial charge in [-0.25, -0.2) is 8.78 Å². The third-order valence-electron chi connectivity index (χ3n) is 3.75. The lowest BCUT2D eigenvalue weighted by Gasteiger charge is -2.24. The highest BCUT2D eigenvalue weighted by atomic mass is 19.4. The van der Waals surface area contributed by atoms with Crippen LogP contribution in [0.25, 0.3) is 0 Å². The minimum Gasteiger partial charge on any atom is -0.406 e. The molecule has 0 aliphatic rings. The molecule has 3 N–H and O–H groups in total. The summed E-state index contributed by atoms with van der Waals surface area (Å²) in [7, 11) is 3.30. The van der Waals surface area contributed by atoms with Crippen molar-refractivity contribution in [2.45, 2.75) is 12.4 Å². The van der Waals surface area contributed by atoms with Gasteiger partial charge in [-0.2, -0.15) is 0 Å². The van der Waals surface area contributed by atoms with Crippen LogP contribution in [0.15, 0.2) is 47.5 Å². The fourth-order valence-electron chi connectivity index (χ4n) is 2.45. The van der Waals surface area contributed by atoms with Gasteiger partial charge >= 0.3 is 6.36 Å². The number of benzene rings is 2. The predicted molar refractivity (Wildman–Crippen MR) is 96.0 cm³/mol.